The average Bonchev–Trinajstić information content (AvgIpc) is 2.26. The van der Waals surface area contributed by atoms with Crippen LogP contribution < -0.4 is 4.74 Å². The van der Waals surface area contributed by atoms with E-state index >= 15 is 0 Å². The molecule has 1 atom stereocenters. The second kappa shape index (κ2) is 5.51. The summed E-state index contributed by atoms with van der Waals surface area (Å²) in [6, 6.07) is 5.05. The molecule has 0 saturated carbocycles. The van der Waals surface area contributed by atoms with Gasteiger partial charge in [-0.2, -0.15) is 0 Å². The van der Waals surface area contributed by atoms with Crippen LogP contribution in [-0.4, -0.2) is 30.9 Å². The Labute approximate surface area is 94.8 Å². The Balaban J connectivity index is 2.88. The molecule has 4 nitrogen and oxygen atoms in total. The lowest BCUT2D eigenvalue weighted by molar-refractivity contribution is 0.0644. The van der Waals surface area contributed by atoms with Gasteiger partial charge in [-0.3, -0.25) is 0 Å². The van der Waals surface area contributed by atoms with E-state index in [9.17, 15) is 4.79 Å². The molecule has 1 aromatic carbocycles. The van der Waals surface area contributed by atoms with Crippen LogP contribution in [-0.2, 0) is 4.74 Å². The molecule has 88 valence electrons. The SMILES string of the molecule is COC(C)COc1c(C)cccc1C(=O)O. The lowest BCUT2D eigenvalue weighted by Crippen LogP contribution is -2.17. The number of benzene rings is 1. The van der Waals surface area contributed by atoms with Crippen LogP contribution in [0.1, 0.15) is 22.8 Å². The van der Waals surface area contributed by atoms with E-state index in [0.717, 1.165) is 5.56 Å². The van der Waals surface area contributed by atoms with E-state index in [1.807, 2.05) is 19.9 Å². The number of carboxylic acid groups (broad SMARTS) is 1. The molecule has 1 rings (SSSR count). The molecule has 0 spiro atoms. The van der Waals surface area contributed by atoms with Crippen LogP contribution in [0.3, 0.4) is 0 Å². The predicted octanol–water partition coefficient (Wildman–Crippen LogP) is 2.11. The molecule has 0 heterocycles. The van der Waals surface area contributed by atoms with Gasteiger partial charge >= 0.3 is 5.97 Å². The van der Waals surface area contributed by atoms with Crippen LogP contribution in [0.25, 0.3) is 0 Å². The second-order valence-corrected chi connectivity index (χ2v) is 3.61. The smallest absolute Gasteiger partial charge is 0.339 e. The summed E-state index contributed by atoms with van der Waals surface area (Å²) >= 11 is 0. The van der Waals surface area contributed by atoms with E-state index in [1.165, 1.54) is 6.07 Å². The van der Waals surface area contributed by atoms with Gasteiger partial charge in [0.15, 0.2) is 0 Å². The number of para-hydroxylation sites is 1. The molecule has 0 radical (unpaired) electrons. The Morgan fingerprint density at radius 1 is 1.50 bits per heavy atom. The standard InChI is InChI=1S/C12H16O4/c1-8-5-4-6-10(12(13)14)11(8)16-7-9(2)15-3/h4-6,9H,7H2,1-3H3,(H,13,14). The van der Waals surface area contributed by atoms with Gasteiger partial charge in [-0.1, -0.05) is 12.1 Å². The van der Waals surface area contributed by atoms with Crippen molar-refractivity contribution in [3.8, 4) is 5.75 Å². The molecule has 0 fully saturated rings. The lowest BCUT2D eigenvalue weighted by Gasteiger charge is -2.14. The first kappa shape index (κ1) is 12.5. The Kier molecular flexibility index (Phi) is 4.31. The number of ether oxygens (including phenoxy) is 2. The zero-order valence-corrected chi connectivity index (χ0v) is 9.69. The van der Waals surface area contributed by atoms with Gasteiger partial charge in [0.1, 0.15) is 17.9 Å². The lowest BCUT2D eigenvalue weighted by atomic mass is 10.1. The van der Waals surface area contributed by atoms with Crippen molar-refractivity contribution in [2.24, 2.45) is 0 Å². The maximum Gasteiger partial charge on any atom is 0.339 e. The van der Waals surface area contributed by atoms with Gasteiger partial charge in [-0.15, -0.1) is 0 Å². The van der Waals surface area contributed by atoms with Crippen molar-refractivity contribution in [3.05, 3.63) is 29.3 Å². The highest BCUT2D eigenvalue weighted by Crippen LogP contribution is 2.23. The molecule has 0 aromatic heterocycles. The fourth-order valence-electron chi connectivity index (χ4n) is 1.28. The summed E-state index contributed by atoms with van der Waals surface area (Å²) in [4.78, 5) is 11.0. The van der Waals surface area contributed by atoms with Gasteiger partial charge in [0, 0.05) is 7.11 Å². The molecule has 0 bridgehead atoms. The number of carboxylic acids is 1. The first-order valence-corrected chi connectivity index (χ1v) is 5.04. The summed E-state index contributed by atoms with van der Waals surface area (Å²) in [5, 5.41) is 9.00. The van der Waals surface area contributed by atoms with Crippen molar-refractivity contribution in [1.29, 1.82) is 0 Å². The number of hydrogen-bond donors (Lipinski definition) is 1. The highest BCUT2D eigenvalue weighted by atomic mass is 16.5. The Morgan fingerprint density at radius 3 is 2.75 bits per heavy atom. The van der Waals surface area contributed by atoms with Gasteiger partial charge in [0.2, 0.25) is 0 Å². The van der Waals surface area contributed by atoms with Gasteiger partial charge in [0.05, 0.1) is 6.10 Å². The highest BCUT2D eigenvalue weighted by molar-refractivity contribution is 5.91. The number of hydrogen-bond acceptors (Lipinski definition) is 3. The minimum absolute atomic E-state index is 0.0683. The summed E-state index contributed by atoms with van der Waals surface area (Å²) in [6.07, 6.45) is -0.0683. The van der Waals surface area contributed by atoms with Crippen molar-refractivity contribution in [1.82, 2.24) is 0 Å². The van der Waals surface area contributed by atoms with Crippen molar-refractivity contribution in [2.45, 2.75) is 20.0 Å². The van der Waals surface area contributed by atoms with E-state index in [2.05, 4.69) is 0 Å². The predicted molar refractivity (Wildman–Crippen MR) is 60.1 cm³/mol. The third-order valence-electron chi connectivity index (χ3n) is 2.31. The van der Waals surface area contributed by atoms with Crippen LogP contribution in [0.15, 0.2) is 18.2 Å². The van der Waals surface area contributed by atoms with Crippen molar-refractivity contribution in [2.75, 3.05) is 13.7 Å². The summed E-state index contributed by atoms with van der Waals surface area (Å²) in [7, 11) is 1.59. The average molecular weight is 224 g/mol. The molecular weight excluding hydrogens is 208 g/mol. The normalized spacial score (nSPS) is 12.2. The Hall–Kier alpha value is -1.55. The van der Waals surface area contributed by atoms with Gasteiger partial charge in [-0.05, 0) is 25.5 Å². The molecule has 4 heteroatoms. The van der Waals surface area contributed by atoms with Crippen LogP contribution >= 0.6 is 0 Å². The molecule has 0 aliphatic heterocycles. The van der Waals surface area contributed by atoms with Gasteiger partial charge < -0.3 is 14.6 Å². The third kappa shape index (κ3) is 2.97. The summed E-state index contributed by atoms with van der Waals surface area (Å²) in [6.45, 7) is 4.01. The fourth-order valence-corrected chi connectivity index (χ4v) is 1.28. The topological polar surface area (TPSA) is 55.8 Å². The minimum atomic E-state index is -0.983. The Morgan fingerprint density at radius 2 is 2.19 bits per heavy atom. The molecular formula is C12H16O4. The third-order valence-corrected chi connectivity index (χ3v) is 2.31. The van der Waals surface area contributed by atoms with E-state index in [1.54, 1.807) is 13.2 Å². The largest absolute Gasteiger partial charge is 0.490 e. The fraction of sp³-hybridized carbons (Fsp3) is 0.417. The second-order valence-electron chi connectivity index (χ2n) is 3.61. The summed E-state index contributed by atoms with van der Waals surface area (Å²) in [5.74, 6) is -0.567. The summed E-state index contributed by atoms with van der Waals surface area (Å²) < 4.78 is 10.5. The molecule has 1 aromatic rings. The first-order chi connectivity index (χ1) is 7.56. The molecule has 1 N–H and O–H groups in total. The van der Waals surface area contributed by atoms with Crippen molar-refractivity contribution in [3.63, 3.8) is 0 Å². The molecule has 1 unspecified atom stereocenters. The number of aromatic carboxylic acids is 1. The van der Waals surface area contributed by atoms with Crippen LogP contribution in [0.5, 0.6) is 5.75 Å². The monoisotopic (exact) mass is 224 g/mol. The molecule has 0 amide bonds. The zero-order valence-electron chi connectivity index (χ0n) is 9.69. The van der Waals surface area contributed by atoms with Crippen LogP contribution in [0.4, 0.5) is 0 Å². The van der Waals surface area contributed by atoms with Crippen LogP contribution in [0.2, 0.25) is 0 Å². The molecule has 0 aliphatic carbocycles. The number of rotatable bonds is 5. The maximum atomic E-state index is 11.0. The zero-order chi connectivity index (χ0) is 12.1. The minimum Gasteiger partial charge on any atom is -0.490 e. The number of carbonyl (C=O) groups is 1. The van der Waals surface area contributed by atoms with Crippen molar-refractivity contribution < 1.29 is 19.4 Å². The molecule has 16 heavy (non-hydrogen) atoms. The van der Waals surface area contributed by atoms with E-state index in [0.29, 0.717) is 12.4 Å². The maximum absolute atomic E-state index is 11.0. The quantitative estimate of drug-likeness (QED) is 0.832. The Bertz CT molecular complexity index is 373. The number of methoxy groups -OCH3 is 1. The highest BCUT2D eigenvalue weighted by Gasteiger charge is 2.14. The van der Waals surface area contributed by atoms with E-state index in [-0.39, 0.29) is 11.7 Å². The molecule has 0 aliphatic rings. The molecule has 0 saturated heterocycles. The first-order valence-electron chi connectivity index (χ1n) is 5.04. The summed E-state index contributed by atoms with van der Waals surface area (Å²) in [5.41, 5.74) is 0.992. The van der Waals surface area contributed by atoms with E-state index < -0.39 is 5.97 Å². The number of aryl methyl sites for hydroxylation is 1. The van der Waals surface area contributed by atoms with Gasteiger partial charge in [0.25, 0.3) is 0 Å². The van der Waals surface area contributed by atoms with E-state index in [4.69, 9.17) is 14.6 Å². The van der Waals surface area contributed by atoms with Gasteiger partial charge in [-0.25, -0.2) is 4.79 Å². The van der Waals surface area contributed by atoms with Crippen molar-refractivity contribution >= 4 is 5.97 Å². The van der Waals surface area contributed by atoms with Crippen LogP contribution in [0, 0.1) is 6.92 Å².